The molecule has 11 aromatic carbocycles. The Morgan fingerprint density at radius 2 is 0.889 bits per heavy atom. The molecule has 6 heteroatoms. The van der Waals surface area contributed by atoms with Crippen LogP contribution in [0.15, 0.2) is 241 Å². The Kier molecular flexibility index (Phi) is 9.43. The summed E-state index contributed by atoms with van der Waals surface area (Å²) in [5, 5.41) is 6.90. The molecular weight excluding hydrogens is 987 g/mol. The van der Waals surface area contributed by atoms with E-state index in [2.05, 4.69) is 237 Å². The highest BCUT2D eigenvalue weighted by molar-refractivity contribution is 6.19. The van der Waals surface area contributed by atoms with Crippen LogP contribution in [-0.4, -0.2) is 24.1 Å². The first kappa shape index (κ1) is 45.8. The summed E-state index contributed by atoms with van der Waals surface area (Å²) in [4.78, 5) is 15.7. The third-order valence-electron chi connectivity index (χ3n) is 18.0. The zero-order chi connectivity index (χ0) is 53.9. The number of fused-ring (bicyclic) bond motifs is 16. The predicted octanol–water partition coefficient (Wildman–Crippen LogP) is 19.2. The molecule has 4 heterocycles. The van der Waals surface area contributed by atoms with Crippen molar-refractivity contribution in [1.29, 1.82) is 0 Å². The van der Waals surface area contributed by atoms with E-state index in [0.29, 0.717) is 17.6 Å². The number of benzene rings is 11. The van der Waals surface area contributed by atoms with Gasteiger partial charge in [-0.1, -0.05) is 198 Å². The predicted molar refractivity (Wildman–Crippen MR) is 333 cm³/mol. The van der Waals surface area contributed by atoms with Gasteiger partial charge < -0.3 is 8.98 Å². The van der Waals surface area contributed by atoms with Crippen LogP contribution in [0, 0.1) is 0 Å². The lowest BCUT2D eigenvalue weighted by molar-refractivity contribution is 0.660. The molecule has 4 aromatic heterocycles. The molecule has 2 aliphatic carbocycles. The van der Waals surface area contributed by atoms with Crippen molar-refractivity contribution in [2.75, 3.05) is 0 Å². The average molecular weight is 1040 g/mol. The molecule has 0 saturated heterocycles. The van der Waals surface area contributed by atoms with Gasteiger partial charge in [0.1, 0.15) is 11.2 Å². The van der Waals surface area contributed by atoms with Crippen LogP contribution in [0.3, 0.4) is 0 Å². The second-order valence-corrected chi connectivity index (χ2v) is 23.1. The van der Waals surface area contributed by atoms with Gasteiger partial charge in [-0.15, -0.1) is 0 Å². The molecule has 0 atom stereocenters. The fourth-order valence-electron chi connectivity index (χ4n) is 14.1. The minimum atomic E-state index is -0.213. The van der Waals surface area contributed by atoms with E-state index in [-0.39, 0.29) is 10.8 Å². The van der Waals surface area contributed by atoms with Gasteiger partial charge in [0.05, 0.1) is 22.1 Å². The molecule has 0 amide bonds. The van der Waals surface area contributed by atoms with Gasteiger partial charge in [-0.3, -0.25) is 4.57 Å². The van der Waals surface area contributed by atoms with E-state index in [1.807, 2.05) is 36.4 Å². The van der Waals surface area contributed by atoms with Gasteiger partial charge in [0, 0.05) is 65.5 Å². The van der Waals surface area contributed by atoms with Crippen LogP contribution in [0.25, 0.3) is 144 Å². The maximum absolute atomic E-state index is 6.75. The van der Waals surface area contributed by atoms with E-state index in [9.17, 15) is 0 Å². The second kappa shape index (κ2) is 16.7. The Hall–Kier alpha value is -10.2. The highest BCUT2D eigenvalue weighted by Gasteiger charge is 2.39. The highest BCUT2D eigenvalue weighted by Crippen LogP contribution is 2.54. The van der Waals surface area contributed by atoms with Gasteiger partial charge >= 0.3 is 0 Å². The summed E-state index contributed by atoms with van der Waals surface area (Å²) < 4.78 is 11.5. The second-order valence-electron chi connectivity index (χ2n) is 23.1. The van der Waals surface area contributed by atoms with E-state index in [1.165, 1.54) is 66.3 Å². The van der Waals surface area contributed by atoms with E-state index >= 15 is 0 Å². The van der Waals surface area contributed by atoms with Crippen molar-refractivity contribution in [2.24, 2.45) is 0 Å². The van der Waals surface area contributed by atoms with Crippen molar-refractivity contribution in [2.45, 2.75) is 38.5 Å². The Labute approximate surface area is 467 Å². The van der Waals surface area contributed by atoms with Crippen molar-refractivity contribution < 1.29 is 4.42 Å². The molecule has 0 spiro atoms. The third kappa shape index (κ3) is 6.53. The number of para-hydroxylation sites is 1. The molecule has 0 bridgehead atoms. The first-order valence-corrected chi connectivity index (χ1v) is 28.0. The summed E-state index contributed by atoms with van der Waals surface area (Å²) in [5.74, 6) is 1.82. The monoisotopic (exact) mass is 1040 g/mol. The lowest BCUT2D eigenvalue weighted by atomic mass is 9.82. The molecule has 0 N–H and O–H groups in total. The van der Waals surface area contributed by atoms with Crippen molar-refractivity contribution >= 4 is 65.6 Å². The van der Waals surface area contributed by atoms with Gasteiger partial charge in [-0.05, 0) is 128 Å². The zero-order valence-corrected chi connectivity index (χ0v) is 45.2. The smallest absolute Gasteiger partial charge is 0.238 e. The van der Waals surface area contributed by atoms with Gasteiger partial charge in [-0.25, -0.2) is 4.98 Å². The normalized spacial score (nSPS) is 13.9. The number of furan rings is 1. The van der Waals surface area contributed by atoms with Crippen LogP contribution in [0.2, 0.25) is 0 Å². The molecule has 382 valence electrons. The minimum absolute atomic E-state index is 0.120. The number of hydrogen-bond acceptors (Lipinski definition) is 4. The topological polar surface area (TPSA) is 61.7 Å². The quantitative estimate of drug-likeness (QED) is 0.166. The van der Waals surface area contributed by atoms with Crippen molar-refractivity contribution in [3.63, 3.8) is 0 Å². The van der Waals surface area contributed by atoms with Crippen molar-refractivity contribution in [3.05, 3.63) is 259 Å². The van der Waals surface area contributed by atoms with Crippen molar-refractivity contribution in [1.82, 2.24) is 24.1 Å². The summed E-state index contributed by atoms with van der Waals surface area (Å²) in [5.41, 5.74) is 23.9. The van der Waals surface area contributed by atoms with Crippen LogP contribution in [0.4, 0.5) is 0 Å². The Balaban J connectivity index is 0.859. The molecule has 0 fully saturated rings. The average Bonchev–Trinajstić information content (AvgIpc) is 3.32. The maximum Gasteiger partial charge on any atom is 0.238 e. The van der Waals surface area contributed by atoms with E-state index in [0.717, 1.165) is 82.8 Å². The first-order valence-electron chi connectivity index (χ1n) is 28.0. The van der Waals surface area contributed by atoms with Crippen LogP contribution in [0.5, 0.6) is 0 Å². The molecule has 0 radical (unpaired) electrons. The SMILES string of the molecule is CC1(C)c2ccccc2-c2cc3c4cc(-c5ccc6oc7cccc(-c8ccc9c(c8)c8ccc%10c(c8n9-c8ccccc8)-c8ccccc8C%10(C)C)c7c6c5)ccc4n(-c4nc(-c5ccccc5)nc(-c5ccccc5)n4)c3cc21. The van der Waals surface area contributed by atoms with Crippen molar-refractivity contribution in [3.8, 4) is 78.9 Å². The van der Waals surface area contributed by atoms with Crippen LogP contribution < -0.4 is 0 Å². The largest absolute Gasteiger partial charge is 0.456 e. The lowest BCUT2D eigenvalue weighted by Crippen LogP contribution is -2.15. The summed E-state index contributed by atoms with van der Waals surface area (Å²) in [7, 11) is 0. The molecule has 0 unspecified atom stereocenters. The Bertz CT molecular complexity index is 5100. The molecule has 17 rings (SSSR count). The number of nitrogens with zero attached hydrogens (tertiary/aromatic N) is 5. The number of hydrogen-bond donors (Lipinski definition) is 0. The first-order chi connectivity index (χ1) is 39.7. The zero-order valence-electron chi connectivity index (χ0n) is 45.2. The van der Waals surface area contributed by atoms with Gasteiger partial charge in [-0.2, -0.15) is 9.97 Å². The number of rotatable bonds is 6. The van der Waals surface area contributed by atoms with E-state index in [4.69, 9.17) is 19.4 Å². The summed E-state index contributed by atoms with van der Waals surface area (Å²) in [6, 6.07) is 85.7. The van der Waals surface area contributed by atoms with Crippen LogP contribution >= 0.6 is 0 Å². The fourth-order valence-corrected chi connectivity index (χ4v) is 14.1. The maximum atomic E-state index is 6.75. The molecule has 0 saturated carbocycles. The lowest BCUT2D eigenvalue weighted by Gasteiger charge is -2.21. The van der Waals surface area contributed by atoms with Gasteiger partial charge in [0.2, 0.25) is 5.95 Å². The van der Waals surface area contributed by atoms with E-state index in [1.54, 1.807) is 0 Å². The summed E-state index contributed by atoms with van der Waals surface area (Å²) >= 11 is 0. The Morgan fingerprint density at radius 1 is 0.333 bits per heavy atom. The standard InChI is InChI=1S/C75H51N5O/c1-74(2)60-29-17-15-26-53(60)69-61(74)35-34-52-55-41-48(32-37-63(55)79(70(52)69)49-23-12-7-13-24-49)50-27-18-30-67-68(50)58-40-47(33-38-66(58)81-67)46-31-36-64-56(39-46)57-42-54-51-25-14-16-28-59(51)75(3,4)62(54)43-65(57)80(64)73-77-71(44-19-8-5-9-20-44)76-72(78-73)45-21-10-6-11-22-45/h5-43H,1-4H3. The molecule has 6 nitrogen and oxygen atoms in total. The summed E-state index contributed by atoms with van der Waals surface area (Å²) in [6.45, 7) is 9.41. The van der Waals surface area contributed by atoms with Crippen LogP contribution in [-0.2, 0) is 10.8 Å². The highest BCUT2D eigenvalue weighted by atomic mass is 16.3. The summed E-state index contributed by atoms with van der Waals surface area (Å²) in [6.07, 6.45) is 0. The molecular formula is C75H51N5O. The number of aromatic nitrogens is 5. The van der Waals surface area contributed by atoms with E-state index < -0.39 is 0 Å². The van der Waals surface area contributed by atoms with Crippen LogP contribution in [0.1, 0.15) is 49.9 Å². The molecule has 0 aliphatic heterocycles. The Morgan fingerprint density at radius 3 is 1.62 bits per heavy atom. The third-order valence-corrected chi connectivity index (χ3v) is 18.0. The molecule has 2 aliphatic rings. The van der Waals surface area contributed by atoms with Gasteiger partial charge in [0.15, 0.2) is 11.6 Å². The van der Waals surface area contributed by atoms with Gasteiger partial charge in [0.25, 0.3) is 0 Å². The molecule has 15 aromatic rings. The minimum Gasteiger partial charge on any atom is -0.456 e. The fraction of sp³-hybridized carbons (Fsp3) is 0.0800. The molecule has 81 heavy (non-hydrogen) atoms.